The first-order chi connectivity index (χ1) is 11.7. The summed E-state index contributed by atoms with van der Waals surface area (Å²) in [6, 6.07) is 9.52. The molecule has 3 aromatic rings. The highest BCUT2D eigenvalue weighted by atomic mass is 32.1. The van der Waals surface area contributed by atoms with Gasteiger partial charge in [-0.05, 0) is 30.3 Å². The second kappa shape index (κ2) is 6.16. The van der Waals surface area contributed by atoms with Crippen molar-refractivity contribution < 1.29 is 13.9 Å². The van der Waals surface area contributed by atoms with Gasteiger partial charge in [0.15, 0.2) is 5.13 Å². The van der Waals surface area contributed by atoms with E-state index in [4.69, 9.17) is 9.15 Å². The zero-order valence-corrected chi connectivity index (χ0v) is 14.0. The third-order valence-electron chi connectivity index (χ3n) is 4.12. The Labute approximate surface area is 143 Å². The summed E-state index contributed by atoms with van der Waals surface area (Å²) in [4.78, 5) is 18.9. The first-order valence-electron chi connectivity index (χ1n) is 7.72. The number of thiazole rings is 1. The third kappa shape index (κ3) is 2.82. The maximum absolute atomic E-state index is 12.1. The van der Waals surface area contributed by atoms with Crippen molar-refractivity contribution in [1.82, 2.24) is 10.3 Å². The Morgan fingerprint density at radius 1 is 1.46 bits per heavy atom. The largest absolute Gasteiger partial charge is 0.497 e. The van der Waals surface area contributed by atoms with Gasteiger partial charge in [0.2, 0.25) is 5.91 Å². The summed E-state index contributed by atoms with van der Waals surface area (Å²) in [5, 5.41) is 3.86. The fourth-order valence-corrected chi connectivity index (χ4v) is 3.70. The van der Waals surface area contributed by atoms with Crippen LogP contribution in [0.3, 0.4) is 0 Å². The molecule has 1 aliphatic heterocycles. The topological polar surface area (TPSA) is 67.6 Å². The summed E-state index contributed by atoms with van der Waals surface area (Å²) in [6.07, 6.45) is 1.61. The molecule has 0 spiro atoms. The van der Waals surface area contributed by atoms with E-state index in [0.717, 1.165) is 26.9 Å². The maximum atomic E-state index is 12.1. The van der Waals surface area contributed by atoms with Crippen molar-refractivity contribution in [1.29, 1.82) is 0 Å². The van der Waals surface area contributed by atoms with Crippen molar-refractivity contribution in [3.8, 4) is 5.75 Å². The molecule has 3 heterocycles. The van der Waals surface area contributed by atoms with Crippen molar-refractivity contribution in [3.63, 3.8) is 0 Å². The Bertz CT molecular complexity index is 853. The molecule has 0 bridgehead atoms. The van der Waals surface area contributed by atoms with Crippen LogP contribution in [0.25, 0.3) is 10.2 Å². The van der Waals surface area contributed by atoms with Crippen LogP contribution in [-0.4, -0.2) is 31.1 Å². The van der Waals surface area contributed by atoms with E-state index in [1.807, 2.05) is 30.3 Å². The zero-order valence-electron chi connectivity index (χ0n) is 13.2. The molecule has 0 saturated carbocycles. The van der Waals surface area contributed by atoms with Gasteiger partial charge in [-0.2, -0.15) is 0 Å². The van der Waals surface area contributed by atoms with Crippen LogP contribution in [0.4, 0.5) is 5.13 Å². The van der Waals surface area contributed by atoms with Crippen LogP contribution in [0.15, 0.2) is 41.0 Å². The zero-order chi connectivity index (χ0) is 16.5. The first-order valence-corrected chi connectivity index (χ1v) is 8.54. The molecule has 0 atom stereocenters. The highest BCUT2D eigenvalue weighted by Gasteiger charge is 2.34. The molecule has 1 saturated heterocycles. The number of amides is 1. The number of hydrogen-bond acceptors (Lipinski definition) is 6. The van der Waals surface area contributed by atoms with Gasteiger partial charge in [-0.3, -0.25) is 4.79 Å². The fourth-order valence-electron chi connectivity index (χ4n) is 2.69. The lowest BCUT2D eigenvalue weighted by Crippen LogP contribution is -2.53. The number of furan rings is 1. The van der Waals surface area contributed by atoms with Gasteiger partial charge < -0.3 is 19.4 Å². The average molecular weight is 343 g/mol. The number of benzene rings is 1. The van der Waals surface area contributed by atoms with E-state index in [-0.39, 0.29) is 11.8 Å². The molecular weight excluding hydrogens is 326 g/mol. The van der Waals surface area contributed by atoms with E-state index in [1.54, 1.807) is 24.7 Å². The number of hydrogen-bond donors (Lipinski definition) is 1. The lowest BCUT2D eigenvalue weighted by Gasteiger charge is -2.37. The Morgan fingerprint density at radius 2 is 2.33 bits per heavy atom. The molecule has 1 aliphatic rings. The Balaban J connectivity index is 1.35. The van der Waals surface area contributed by atoms with E-state index in [0.29, 0.717) is 19.6 Å². The monoisotopic (exact) mass is 343 g/mol. The van der Waals surface area contributed by atoms with E-state index < -0.39 is 0 Å². The minimum atomic E-state index is 0.00140. The number of methoxy groups -OCH3 is 1. The second-order valence-corrected chi connectivity index (χ2v) is 6.74. The highest BCUT2D eigenvalue weighted by Crippen LogP contribution is 2.34. The number of nitrogens with one attached hydrogen (secondary N) is 1. The molecule has 1 fully saturated rings. The Hall–Kier alpha value is -2.54. The van der Waals surface area contributed by atoms with Gasteiger partial charge >= 0.3 is 0 Å². The predicted octanol–water partition coefficient (Wildman–Crippen LogP) is 2.65. The van der Waals surface area contributed by atoms with Crippen LogP contribution < -0.4 is 15.0 Å². The highest BCUT2D eigenvalue weighted by molar-refractivity contribution is 7.22. The van der Waals surface area contributed by atoms with Crippen LogP contribution in [0, 0.1) is 5.92 Å². The van der Waals surface area contributed by atoms with Gasteiger partial charge in [-0.25, -0.2) is 4.98 Å². The van der Waals surface area contributed by atoms with Crippen molar-refractivity contribution in [2.45, 2.75) is 6.54 Å². The van der Waals surface area contributed by atoms with Crippen LogP contribution in [-0.2, 0) is 11.3 Å². The van der Waals surface area contributed by atoms with Gasteiger partial charge in [0.25, 0.3) is 0 Å². The summed E-state index contributed by atoms with van der Waals surface area (Å²) in [5.41, 5.74) is 0.960. The second-order valence-electron chi connectivity index (χ2n) is 5.73. The SMILES string of the molecule is COc1ccc2nc(N3CC(C(=O)NCc4ccco4)C3)sc2c1. The van der Waals surface area contributed by atoms with Crippen LogP contribution in [0.5, 0.6) is 5.75 Å². The number of fused-ring (bicyclic) bond motifs is 1. The number of carbonyl (C=O) groups is 1. The molecule has 4 rings (SSSR count). The minimum absolute atomic E-state index is 0.00140. The molecule has 0 aliphatic carbocycles. The van der Waals surface area contributed by atoms with Gasteiger partial charge in [0.1, 0.15) is 11.5 Å². The molecule has 2 aromatic heterocycles. The minimum Gasteiger partial charge on any atom is -0.497 e. The molecule has 24 heavy (non-hydrogen) atoms. The van der Waals surface area contributed by atoms with Crippen molar-refractivity contribution in [2.75, 3.05) is 25.1 Å². The number of carbonyl (C=O) groups excluding carboxylic acids is 1. The van der Waals surface area contributed by atoms with Gasteiger partial charge in [-0.15, -0.1) is 0 Å². The molecule has 124 valence electrons. The van der Waals surface area contributed by atoms with E-state index >= 15 is 0 Å². The molecule has 1 amide bonds. The lowest BCUT2D eigenvalue weighted by molar-refractivity contribution is -0.125. The van der Waals surface area contributed by atoms with E-state index in [1.165, 1.54) is 0 Å². The van der Waals surface area contributed by atoms with E-state index in [9.17, 15) is 4.79 Å². The molecule has 0 radical (unpaired) electrons. The van der Waals surface area contributed by atoms with Crippen molar-refractivity contribution in [3.05, 3.63) is 42.4 Å². The standard InChI is InChI=1S/C17H17N3O3S/c1-22-12-4-5-14-15(7-12)24-17(19-14)20-9-11(10-20)16(21)18-8-13-3-2-6-23-13/h2-7,11H,8-10H2,1H3,(H,18,21). The molecule has 6 nitrogen and oxygen atoms in total. The number of rotatable bonds is 5. The normalized spacial score (nSPS) is 14.6. The summed E-state index contributed by atoms with van der Waals surface area (Å²) in [5.74, 6) is 1.66. The number of nitrogens with zero attached hydrogens (tertiary/aromatic N) is 2. The van der Waals surface area contributed by atoms with Crippen molar-refractivity contribution >= 4 is 32.6 Å². The van der Waals surface area contributed by atoms with Crippen LogP contribution in [0.2, 0.25) is 0 Å². The molecule has 1 aromatic carbocycles. The quantitative estimate of drug-likeness (QED) is 0.771. The fraction of sp³-hybridized carbons (Fsp3) is 0.294. The van der Waals surface area contributed by atoms with Gasteiger partial charge in [0, 0.05) is 13.1 Å². The molecule has 1 N–H and O–H groups in total. The third-order valence-corrected chi connectivity index (χ3v) is 5.20. The van der Waals surface area contributed by atoms with Crippen LogP contribution >= 0.6 is 11.3 Å². The molecular formula is C17H17N3O3S. The van der Waals surface area contributed by atoms with Gasteiger partial charge in [-0.1, -0.05) is 11.3 Å². The number of ether oxygens (including phenoxy) is 1. The lowest BCUT2D eigenvalue weighted by atomic mass is 10.0. The van der Waals surface area contributed by atoms with Crippen LogP contribution in [0.1, 0.15) is 5.76 Å². The van der Waals surface area contributed by atoms with Gasteiger partial charge in [0.05, 0.1) is 36.1 Å². The summed E-state index contributed by atoms with van der Waals surface area (Å²) in [7, 11) is 1.66. The maximum Gasteiger partial charge on any atom is 0.227 e. The van der Waals surface area contributed by atoms with E-state index in [2.05, 4.69) is 15.2 Å². The number of anilines is 1. The summed E-state index contributed by atoms with van der Waals surface area (Å²) >= 11 is 1.62. The average Bonchev–Trinajstić information content (AvgIpc) is 3.20. The number of aromatic nitrogens is 1. The Kier molecular flexibility index (Phi) is 3.86. The molecule has 7 heteroatoms. The Morgan fingerprint density at radius 3 is 3.08 bits per heavy atom. The summed E-state index contributed by atoms with van der Waals surface area (Å²) in [6.45, 7) is 1.82. The smallest absolute Gasteiger partial charge is 0.227 e. The summed E-state index contributed by atoms with van der Waals surface area (Å²) < 4.78 is 11.6. The van der Waals surface area contributed by atoms with Crippen molar-refractivity contribution in [2.24, 2.45) is 5.92 Å². The first kappa shape index (κ1) is 15.0. The molecule has 0 unspecified atom stereocenters. The predicted molar refractivity (Wildman–Crippen MR) is 92.4 cm³/mol.